The number of phenolic OH excluding ortho intramolecular Hbond substituents is 2. The molecule has 0 aliphatic carbocycles. The average Bonchev–Trinajstić information content (AvgIpc) is 2.53. The van der Waals surface area contributed by atoms with Gasteiger partial charge in [-0.2, -0.15) is 0 Å². The number of carbonyl (C=O) groups excluding carboxylic acids is 2. The summed E-state index contributed by atoms with van der Waals surface area (Å²) < 4.78 is 4.95. The fraction of sp³-hybridized carbons (Fsp3) is 0.0588. The van der Waals surface area contributed by atoms with E-state index in [0.717, 1.165) is 0 Å². The lowest BCUT2D eigenvalue weighted by atomic mass is 10.1. The third-order valence-corrected chi connectivity index (χ3v) is 3.08. The smallest absolute Gasteiger partial charge is 0.185 e. The number of hydrogen-bond donors (Lipinski definition) is 2. The van der Waals surface area contributed by atoms with Crippen LogP contribution in [-0.2, 0) is 0 Å². The van der Waals surface area contributed by atoms with E-state index in [1.807, 2.05) is 0 Å². The van der Waals surface area contributed by atoms with Crippen LogP contribution in [0.5, 0.6) is 17.2 Å². The molecular weight excluding hydrogens is 284 g/mol. The van der Waals surface area contributed by atoms with Crippen LogP contribution in [0.4, 0.5) is 0 Å². The van der Waals surface area contributed by atoms with E-state index in [1.165, 1.54) is 49.6 Å². The quantitative estimate of drug-likeness (QED) is 0.504. The Labute approximate surface area is 127 Å². The molecule has 0 amide bonds. The first-order chi connectivity index (χ1) is 10.5. The molecule has 0 aliphatic rings. The van der Waals surface area contributed by atoms with Crippen molar-refractivity contribution in [1.29, 1.82) is 0 Å². The van der Waals surface area contributed by atoms with E-state index >= 15 is 0 Å². The van der Waals surface area contributed by atoms with Crippen LogP contribution in [0.25, 0.3) is 6.08 Å². The van der Waals surface area contributed by atoms with Crippen LogP contribution >= 0.6 is 0 Å². The number of carbonyl (C=O) groups is 2. The third kappa shape index (κ3) is 3.32. The van der Waals surface area contributed by atoms with Crippen LogP contribution in [0.3, 0.4) is 0 Å². The molecule has 0 saturated carbocycles. The summed E-state index contributed by atoms with van der Waals surface area (Å²) in [6.45, 7) is 0. The van der Waals surface area contributed by atoms with Crippen molar-refractivity contribution in [2.45, 2.75) is 0 Å². The highest BCUT2D eigenvalue weighted by Gasteiger charge is 2.08. The predicted molar refractivity (Wildman–Crippen MR) is 81.5 cm³/mol. The molecule has 0 aliphatic heterocycles. The van der Waals surface area contributed by atoms with Gasteiger partial charge in [-0.3, -0.25) is 9.59 Å². The second kappa shape index (κ2) is 6.58. The van der Waals surface area contributed by atoms with Crippen LogP contribution in [0.15, 0.2) is 42.5 Å². The minimum Gasteiger partial charge on any atom is -0.508 e. The van der Waals surface area contributed by atoms with Crippen LogP contribution in [-0.4, -0.2) is 29.4 Å². The molecule has 22 heavy (non-hydrogen) atoms. The standard InChI is InChI=1S/C17H14O5/c1-22-17-9-12(4-7-16(17)21)15(20)6-3-11-2-5-14(19)8-13(11)10-18/h2-10,19,21H,1H3. The predicted octanol–water partition coefficient (Wildman–Crippen LogP) is 2.82. The summed E-state index contributed by atoms with van der Waals surface area (Å²) >= 11 is 0. The fourth-order valence-electron chi connectivity index (χ4n) is 1.91. The summed E-state index contributed by atoms with van der Waals surface area (Å²) in [6, 6.07) is 8.57. The molecule has 2 N–H and O–H groups in total. The number of hydrogen-bond acceptors (Lipinski definition) is 5. The molecule has 5 heteroatoms. The van der Waals surface area contributed by atoms with Gasteiger partial charge >= 0.3 is 0 Å². The van der Waals surface area contributed by atoms with E-state index in [-0.39, 0.29) is 28.6 Å². The Bertz CT molecular complexity index is 747. The van der Waals surface area contributed by atoms with E-state index in [2.05, 4.69) is 0 Å². The summed E-state index contributed by atoms with van der Waals surface area (Å²) in [5.74, 6) is -0.167. The van der Waals surface area contributed by atoms with Crippen LogP contribution < -0.4 is 4.74 Å². The number of rotatable bonds is 5. The lowest BCUT2D eigenvalue weighted by molar-refractivity contribution is 0.104. The van der Waals surface area contributed by atoms with Crippen molar-refractivity contribution in [2.75, 3.05) is 7.11 Å². The molecule has 2 rings (SSSR count). The minimum atomic E-state index is -0.303. The van der Waals surface area contributed by atoms with Gasteiger partial charge < -0.3 is 14.9 Å². The lowest BCUT2D eigenvalue weighted by Crippen LogP contribution is -1.96. The molecular formula is C17H14O5. The van der Waals surface area contributed by atoms with E-state index in [1.54, 1.807) is 6.07 Å². The Balaban J connectivity index is 2.27. The first kappa shape index (κ1) is 15.3. The van der Waals surface area contributed by atoms with E-state index < -0.39 is 0 Å². The van der Waals surface area contributed by atoms with E-state index in [4.69, 9.17) is 4.74 Å². The average molecular weight is 298 g/mol. The molecule has 0 saturated heterocycles. The molecule has 0 atom stereocenters. The molecule has 0 spiro atoms. The molecule has 0 fully saturated rings. The number of aldehydes is 1. The summed E-state index contributed by atoms with van der Waals surface area (Å²) in [4.78, 5) is 23.0. The highest BCUT2D eigenvalue weighted by molar-refractivity contribution is 6.07. The zero-order chi connectivity index (χ0) is 16.1. The monoisotopic (exact) mass is 298 g/mol. The van der Waals surface area contributed by atoms with E-state index in [0.29, 0.717) is 17.4 Å². The molecule has 0 heterocycles. The SMILES string of the molecule is COc1cc(C(=O)C=Cc2ccc(O)cc2C=O)ccc1O. The molecule has 0 bridgehead atoms. The number of aromatic hydroxyl groups is 2. The van der Waals surface area contributed by atoms with Gasteiger partial charge in [-0.15, -0.1) is 0 Å². The number of phenols is 2. The molecule has 0 aromatic heterocycles. The van der Waals surface area contributed by atoms with Gasteiger partial charge in [0.05, 0.1) is 7.11 Å². The molecule has 2 aromatic carbocycles. The first-order valence-electron chi connectivity index (χ1n) is 6.42. The van der Waals surface area contributed by atoms with Crippen molar-refractivity contribution in [1.82, 2.24) is 0 Å². The third-order valence-electron chi connectivity index (χ3n) is 3.08. The van der Waals surface area contributed by atoms with Gasteiger partial charge in [0.1, 0.15) is 5.75 Å². The summed E-state index contributed by atoms with van der Waals surface area (Å²) in [6.07, 6.45) is 3.41. The Morgan fingerprint density at radius 2 is 1.86 bits per heavy atom. The molecule has 5 nitrogen and oxygen atoms in total. The van der Waals surface area contributed by atoms with Gasteiger partial charge in [0.15, 0.2) is 23.6 Å². The van der Waals surface area contributed by atoms with E-state index in [9.17, 15) is 19.8 Å². The largest absolute Gasteiger partial charge is 0.508 e. The van der Waals surface area contributed by atoms with Crippen LogP contribution in [0, 0.1) is 0 Å². The number of ketones is 1. The second-order valence-electron chi connectivity index (χ2n) is 4.52. The Kier molecular flexibility index (Phi) is 4.58. The van der Waals surface area contributed by atoms with Crippen molar-refractivity contribution in [3.8, 4) is 17.2 Å². The van der Waals surface area contributed by atoms with Crippen LogP contribution in [0.1, 0.15) is 26.3 Å². The second-order valence-corrected chi connectivity index (χ2v) is 4.52. The van der Waals surface area contributed by atoms with Gasteiger partial charge in [0.2, 0.25) is 0 Å². The number of benzene rings is 2. The Hall–Kier alpha value is -3.08. The highest BCUT2D eigenvalue weighted by atomic mass is 16.5. The zero-order valence-electron chi connectivity index (χ0n) is 11.8. The maximum Gasteiger partial charge on any atom is 0.185 e. The highest BCUT2D eigenvalue weighted by Crippen LogP contribution is 2.26. The van der Waals surface area contributed by atoms with Gasteiger partial charge in [0, 0.05) is 11.1 Å². The number of allylic oxidation sites excluding steroid dienone is 1. The van der Waals surface area contributed by atoms with Crippen molar-refractivity contribution >= 4 is 18.1 Å². The van der Waals surface area contributed by atoms with Gasteiger partial charge in [0.25, 0.3) is 0 Å². The molecule has 0 radical (unpaired) electrons. The Morgan fingerprint density at radius 3 is 2.55 bits per heavy atom. The van der Waals surface area contributed by atoms with Gasteiger partial charge in [-0.25, -0.2) is 0 Å². The molecule has 2 aromatic rings. The lowest BCUT2D eigenvalue weighted by Gasteiger charge is -2.04. The normalized spacial score (nSPS) is 10.6. The molecule has 0 unspecified atom stereocenters. The number of ether oxygens (including phenoxy) is 1. The maximum atomic E-state index is 12.1. The summed E-state index contributed by atoms with van der Waals surface area (Å²) in [5.41, 5.74) is 1.15. The fourth-order valence-corrected chi connectivity index (χ4v) is 1.91. The van der Waals surface area contributed by atoms with Crippen LogP contribution in [0.2, 0.25) is 0 Å². The first-order valence-corrected chi connectivity index (χ1v) is 6.42. The van der Waals surface area contributed by atoms with Crippen molar-refractivity contribution < 1.29 is 24.5 Å². The van der Waals surface area contributed by atoms with Gasteiger partial charge in [-0.1, -0.05) is 12.1 Å². The van der Waals surface area contributed by atoms with Gasteiger partial charge in [-0.05, 0) is 42.0 Å². The molecule has 112 valence electrons. The van der Waals surface area contributed by atoms with Crippen molar-refractivity contribution in [3.63, 3.8) is 0 Å². The zero-order valence-corrected chi connectivity index (χ0v) is 11.8. The number of methoxy groups -OCH3 is 1. The van der Waals surface area contributed by atoms with Crippen molar-refractivity contribution in [2.24, 2.45) is 0 Å². The minimum absolute atomic E-state index is 0.0196. The van der Waals surface area contributed by atoms with Crippen molar-refractivity contribution in [3.05, 3.63) is 59.2 Å². The Morgan fingerprint density at radius 1 is 1.09 bits per heavy atom. The summed E-state index contributed by atoms with van der Waals surface area (Å²) in [5, 5.41) is 18.8. The maximum absolute atomic E-state index is 12.1. The topological polar surface area (TPSA) is 83.8 Å². The summed E-state index contributed by atoms with van der Waals surface area (Å²) in [7, 11) is 1.39.